The molecular weight excluding hydrogens is 386 g/mol. The second kappa shape index (κ2) is 6.97. The average Bonchev–Trinajstić information content (AvgIpc) is 2.86. The highest BCUT2D eigenvalue weighted by Gasteiger charge is 2.54. The van der Waals surface area contributed by atoms with Gasteiger partial charge in [0.05, 0.1) is 28.6 Å². The summed E-state index contributed by atoms with van der Waals surface area (Å²) in [6.45, 7) is 0. The van der Waals surface area contributed by atoms with E-state index in [-0.39, 0.29) is 5.56 Å². The van der Waals surface area contributed by atoms with E-state index in [1.165, 1.54) is 36.4 Å². The van der Waals surface area contributed by atoms with Crippen molar-refractivity contribution in [1.82, 2.24) is 0 Å². The highest BCUT2D eigenvalue weighted by molar-refractivity contribution is 6.33. The predicted molar refractivity (Wildman–Crippen MR) is 96.8 cm³/mol. The van der Waals surface area contributed by atoms with Crippen LogP contribution >= 0.6 is 23.2 Å². The number of hydrogen-bond acceptors (Lipinski definition) is 2. The van der Waals surface area contributed by atoms with Gasteiger partial charge < -0.3 is 5.32 Å². The lowest BCUT2D eigenvalue weighted by Crippen LogP contribution is -2.48. The topological polar surface area (TPSA) is 29.1 Å². The van der Waals surface area contributed by atoms with Gasteiger partial charge in [-0.1, -0.05) is 53.5 Å². The Morgan fingerprint density at radius 3 is 2.31 bits per heavy atom. The van der Waals surface area contributed by atoms with Gasteiger partial charge in [0.25, 0.3) is 0 Å². The van der Waals surface area contributed by atoms with E-state index in [1.807, 2.05) is 0 Å². The number of alkyl halides is 3. The molecule has 1 N–H and O–H groups in total. The van der Waals surface area contributed by atoms with Crippen molar-refractivity contribution >= 4 is 34.7 Å². The van der Waals surface area contributed by atoms with Crippen molar-refractivity contribution in [2.45, 2.75) is 24.1 Å². The first kappa shape index (κ1) is 18.8. The molecule has 0 saturated heterocycles. The van der Waals surface area contributed by atoms with E-state index in [0.29, 0.717) is 15.7 Å². The summed E-state index contributed by atoms with van der Waals surface area (Å²) in [6, 6.07) is 11.7. The Labute approximate surface area is 158 Å². The highest BCUT2D eigenvalue weighted by atomic mass is 35.5. The minimum Gasteiger partial charge on any atom is -0.376 e. The van der Waals surface area contributed by atoms with E-state index in [2.05, 4.69) is 5.32 Å². The number of benzene rings is 2. The fraction of sp³-hybridized carbons (Fsp3) is 0.211. The van der Waals surface area contributed by atoms with Gasteiger partial charge in [0.1, 0.15) is 0 Å². The van der Waals surface area contributed by atoms with Crippen LogP contribution in [-0.2, 0) is 10.2 Å². The summed E-state index contributed by atoms with van der Waals surface area (Å²) in [6.07, 6.45) is -3.20. The van der Waals surface area contributed by atoms with Gasteiger partial charge in [-0.25, -0.2) is 0 Å². The third-order valence-corrected chi connectivity index (χ3v) is 5.02. The maximum absolute atomic E-state index is 13.4. The van der Waals surface area contributed by atoms with E-state index < -0.39 is 29.8 Å². The molecule has 26 heavy (non-hydrogen) atoms. The smallest absolute Gasteiger partial charge is 0.376 e. The zero-order valence-electron chi connectivity index (χ0n) is 13.4. The van der Waals surface area contributed by atoms with Crippen molar-refractivity contribution in [2.24, 2.45) is 0 Å². The number of ketones is 1. The third kappa shape index (κ3) is 3.60. The van der Waals surface area contributed by atoms with Crippen LogP contribution in [0.15, 0.2) is 60.7 Å². The molecule has 0 radical (unpaired) electrons. The Bertz CT molecular complexity index is 849. The predicted octanol–water partition coefficient (Wildman–Crippen LogP) is 5.80. The van der Waals surface area contributed by atoms with Gasteiger partial charge in [0.2, 0.25) is 0 Å². The first-order valence-corrected chi connectivity index (χ1v) is 8.54. The lowest BCUT2D eigenvalue weighted by Gasteiger charge is -2.36. The SMILES string of the molecule is O=C1C=C[C@@H](Nc2ccccc2Cl)[C@@]1(CC(F)(F)F)c1ccc(Cl)cc1. The quantitative estimate of drug-likeness (QED) is 0.703. The number of anilines is 1. The molecule has 2 aromatic carbocycles. The van der Waals surface area contributed by atoms with Crippen molar-refractivity contribution in [2.75, 3.05) is 5.32 Å². The summed E-state index contributed by atoms with van der Waals surface area (Å²) < 4.78 is 40.3. The van der Waals surface area contributed by atoms with Crippen LogP contribution < -0.4 is 5.32 Å². The summed E-state index contributed by atoms with van der Waals surface area (Å²) in [5, 5.41) is 3.73. The molecule has 2 aromatic rings. The number of carbonyl (C=O) groups excluding carboxylic acids is 1. The molecule has 0 bridgehead atoms. The standard InChI is InChI=1S/C19H14Cl2F3NO/c20-13-7-5-12(6-8-13)18(11-19(22,23)24)16(9-10-17(18)26)25-15-4-2-1-3-14(15)21/h1-10,16,25H,11H2/t16-,18-/m1/s1. The van der Waals surface area contributed by atoms with Gasteiger partial charge in [-0.2, -0.15) is 13.2 Å². The zero-order chi connectivity index (χ0) is 18.9. The Balaban J connectivity index is 2.09. The number of allylic oxidation sites excluding steroid dienone is 1. The summed E-state index contributed by atoms with van der Waals surface area (Å²) in [7, 11) is 0. The number of rotatable bonds is 4. The molecule has 2 atom stereocenters. The van der Waals surface area contributed by atoms with E-state index >= 15 is 0 Å². The Morgan fingerprint density at radius 2 is 1.69 bits per heavy atom. The molecule has 0 fully saturated rings. The second-order valence-corrected chi connectivity index (χ2v) is 6.94. The summed E-state index contributed by atoms with van der Waals surface area (Å²) >= 11 is 12.0. The molecule has 3 rings (SSSR count). The maximum Gasteiger partial charge on any atom is 0.390 e. The van der Waals surface area contributed by atoms with Crippen molar-refractivity contribution < 1.29 is 18.0 Å². The molecule has 2 nitrogen and oxygen atoms in total. The zero-order valence-corrected chi connectivity index (χ0v) is 14.9. The summed E-state index contributed by atoms with van der Waals surface area (Å²) in [5.74, 6) is -0.610. The van der Waals surface area contributed by atoms with Crippen LogP contribution in [0.3, 0.4) is 0 Å². The third-order valence-electron chi connectivity index (χ3n) is 4.43. The molecule has 0 aromatic heterocycles. The molecule has 0 saturated carbocycles. The molecule has 0 unspecified atom stereocenters. The average molecular weight is 400 g/mol. The maximum atomic E-state index is 13.4. The van der Waals surface area contributed by atoms with Gasteiger partial charge in [0, 0.05) is 5.02 Å². The Morgan fingerprint density at radius 1 is 1.04 bits per heavy atom. The summed E-state index contributed by atoms with van der Waals surface area (Å²) in [4.78, 5) is 12.7. The fourth-order valence-electron chi connectivity index (χ4n) is 3.25. The largest absolute Gasteiger partial charge is 0.390 e. The van der Waals surface area contributed by atoms with Gasteiger partial charge in [-0.3, -0.25) is 4.79 Å². The van der Waals surface area contributed by atoms with Gasteiger partial charge in [0.15, 0.2) is 5.78 Å². The molecule has 0 heterocycles. The Hall–Kier alpha value is -1.98. The van der Waals surface area contributed by atoms with Gasteiger partial charge in [-0.05, 0) is 35.9 Å². The lowest BCUT2D eigenvalue weighted by atomic mass is 9.71. The lowest BCUT2D eigenvalue weighted by molar-refractivity contribution is -0.155. The molecule has 0 aliphatic heterocycles. The van der Waals surface area contributed by atoms with Crippen LogP contribution in [0.1, 0.15) is 12.0 Å². The van der Waals surface area contributed by atoms with Crippen molar-refractivity contribution in [3.8, 4) is 0 Å². The number of carbonyl (C=O) groups is 1. The van der Waals surface area contributed by atoms with E-state index in [9.17, 15) is 18.0 Å². The van der Waals surface area contributed by atoms with Crippen LogP contribution in [0.2, 0.25) is 10.0 Å². The molecular formula is C19H14Cl2F3NO. The van der Waals surface area contributed by atoms with Gasteiger partial charge in [-0.15, -0.1) is 0 Å². The van der Waals surface area contributed by atoms with Crippen molar-refractivity contribution in [1.29, 1.82) is 0 Å². The van der Waals surface area contributed by atoms with Crippen molar-refractivity contribution in [3.05, 3.63) is 76.3 Å². The minimum absolute atomic E-state index is 0.249. The Kier molecular flexibility index (Phi) is 5.04. The van der Waals surface area contributed by atoms with Crippen LogP contribution in [0, 0.1) is 0 Å². The highest BCUT2D eigenvalue weighted by Crippen LogP contribution is 2.45. The fourth-order valence-corrected chi connectivity index (χ4v) is 3.57. The molecule has 1 aliphatic carbocycles. The van der Waals surface area contributed by atoms with Crippen molar-refractivity contribution in [3.63, 3.8) is 0 Å². The molecule has 1 aliphatic rings. The number of nitrogens with one attached hydrogen (secondary N) is 1. The molecule has 7 heteroatoms. The van der Waals surface area contributed by atoms with E-state index in [1.54, 1.807) is 24.3 Å². The van der Waals surface area contributed by atoms with E-state index in [0.717, 1.165) is 0 Å². The summed E-state index contributed by atoms with van der Waals surface area (Å²) in [5.41, 5.74) is -1.11. The molecule has 136 valence electrons. The second-order valence-electron chi connectivity index (χ2n) is 6.10. The molecule has 0 spiro atoms. The number of hydrogen-bond donors (Lipinski definition) is 1. The van der Waals surface area contributed by atoms with Crippen LogP contribution in [-0.4, -0.2) is 18.0 Å². The first-order chi connectivity index (χ1) is 12.2. The number of halogens is 5. The first-order valence-electron chi connectivity index (χ1n) is 7.79. The monoisotopic (exact) mass is 399 g/mol. The van der Waals surface area contributed by atoms with Crippen LogP contribution in [0.5, 0.6) is 0 Å². The van der Waals surface area contributed by atoms with Crippen LogP contribution in [0.25, 0.3) is 0 Å². The normalized spacial score (nSPS) is 22.7. The van der Waals surface area contributed by atoms with E-state index in [4.69, 9.17) is 23.2 Å². The van der Waals surface area contributed by atoms with Gasteiger partial charge >= 0.3 is 6.18 Å². The van der Waals surface area contributed by atoms with Crippen LogP contribution in [0.4, 0.5) is 18.9 Å². The number of para-hydroxylation sites is 1. The minimum atomic E-state index is -4.54. The molecule has 0 amide bonds.